The van der Waals surface area contributed by atoms with Gasteiger partial charge in [-0.05, 0) is 45.7 Å². The van der Waals surface area contributed by atoms with Crippen LogP contribution in [0.5, 0.6) is 0 Å². The van der Waals surface area contributed by atoms with Crippen molar-refractivity contribution in [2.45, 2.75) is 17.2 Å². The highest BCUT2D eigenvalue weighted by atomic mass is 35.5. The van der Waals surface area contributed by atoms with Crippen molar-refractivity contribution in [2.24, 2.45) is 0 Å². The van der Waals surface area contributed by atoms with Crippen LogP contribution in [-0.2, 0) is 32.6 Å². The molecule has 6 nitrogen and oxygen atoms in total. The number of carbonyl (C=O) groups is 2. The molecule has 1 aromatic heterocycles. The van der Waals surface area contributed by atoms with E-state index in [9.17, 15) is 18.0 Å². The van der Waals surface area contributed by atoms with E-state index in [2.05, 4.69) is 6.07 Å². The number of fused-ring (bicyclic) bond motifs is 2. The molecule has 5 rings (SSSR count). The first-order valence-corrected chi connectivity index (χ1v) is 13.9. The molecule has 182 valence electrons. The molecule has 36 heavy (non-hydrogen) atoms. The molecule has 0 unspecified atom stereocenters. The zero-order valence-corrected chi connectivity index (χ0v) is 21.7. The van der Waals surface area contributed by atoms with E-state index in [1.165, 1.54) is 12.1 Å². The van der Waals surface area contributed by atoms with Crippen molar-refractivity contribution in [3.05, 3.63) is 98.9 Å². The lowest BCUT2D eigenvalue weighted by Crippen LogP contribution is -2.28. The van der Waals surface area contributed by atoms with Crippen LogP contribution >= 0.6 is 34.5 Å². The Morgan fingerprint density at radius 1 is 1.03 bits per heavy atom. The third-order valence-electron chi connectivity index (χ3n) is 5.75. The van der Waals surface area contributed by atoms with Crippen molar-refractivity contribution >= 4 is 78.9 Å². The largest absolute Gasteiger partial charge is 0.307 e. The predicted molar refractivity (Wildman–Crippen MR) is 144 cm³/mol. The smallest absolute Gasteiger partial charge is 0.273 e. The Kier molecular flexibility index (Phi) is 6.61. The summed E-state index contributed by atoms with van der Waals surface area (Å²) < 4.78 is 26.9. The van der Waals surface area contributed by atoms with Gasteiger partial charge in [0, 0.05) is 6.08 Å². The van der Waals surface area contributed by atoms with Crippen molar-refractivity contribution < 1.29 is 18.0 Å². The lowest BCUT2D eigenvalue weighted by atomic mass is 10.1. The van der Waals surface area contributed by atoms with E-state index in [-0.39, 0.29) is 25.9 Å². The molecule has 0 saturated heterocycles. The second kappa shape index (κ2) is 9.71. The third-order valence-corrected chi connectivity index (χ3v) is 9.44. The molecule has 0 atom stereocenters. The monoisotopic (exact) mass is 556 g/mol. The zero-order valence-electron chi connectivity index (χ0n) is 18.6. The first-order valence-electron chi connectivity index (χ1n) is 10.8. The Labute approximate surface area is 221 Å². The van der Waals surface area contributed by atoms with E-state index in [1.54, 1.807) is 17.0 Å². The maximum Gasteiger partial charge on any atom is 0.273 e. The maximum atomic E-state index is 12.9. The van der Waals surface area contributed by atoms with E-state index in [0.29, 0.717) is 17.8 Å². The molecule has 0 aliphatic carbocycles. The number of nitrogens with one attached hydrogen (secondary N) is 1. The fourth-order valence-electron chi connectivity index (χ4n) is 4.13. The van der Waals surface area contributed by atoms with Crippen LogP contribution in [0.25, 0.3) is 16.8 Å². The number of carbonyl (C=O) groups excluding carboxylic acids is 2. The van der Waals surface area contributed by atoms with E-state index < -0.39 is 15.9 Å². The van der Waals surface area contributed by atoms with Crippen LogP contribution in [0.2, 0.25) is 9.36 Å². The Morgan fingerprint density at radius 2 is 1.81 bits per heavy atom. The Balaban J connectivity index is 1.38. The van der Waals surface area contributed by atoms with E-state index in [0.717, 1.165) is 39.3 Å². The SMILES string of the molecule is O=C(/C=C/c1cccc2c1N(Cc1ccc3ccccc3c1)C(=O)C2)NS(=O)(=O)c1cc(Cl)c(Cl)s1. The highest BCUT2D eigenvalue weighted by Gasteiger charge is 2.29. The van der Waals surface area contributed by atoms with Gasteiger partial charge in [0.05, 0.1) is 23.7 Å². The first kappa shape index (κ1) is 24.5. The Morgan fingerprint density at radius 3 is 2.56 bits per heavy atom. The summed E-state index contributed by atoms with van der Waals surface area (Å²) in [5.74, 6) is -0.879. The number of amides is 2. The molecule has 1 aliphatic heterocycles. The Hall–Kier alpha value is -3.17. The van der Waals surface area contributed by atoms with E-state index in [4.69, 9.17) is 23.2 Å². The summed E-state index contributed by atoms with van der Waals surface area (Å²) in [7, 11) is -4.12. The molecular formula is C26H18Cl2N2O4S2. The molecule has 0 spiro atoms. The molecular weight excluding hydrogens is 539 g/mol. The van der Waals surface area contributed by atoms with E-state index >= 15 is 0 Å². The summed E-state index contributed by atoms with van der Waals surface area (Å²) in [6.45, 7) is 0.377. The van der Waals surface area contributed by atoms with Gasteiger partial charge < -0.3 is 4.90 Å². The number of anilines is 1. The van der Waals surface area contributed by atoms with Gasteiger partial charge in [0.2, 0.25) is 5.91 Å². The van der Waals surface area contributed by atoms with Gasteiger partial charge in [-0.25, -0.2) is 13.1 Å². The molecule has 3 aromatic carbocycles. The van der Waals surface area contributed by atoms with Crippen molar-refractivity contribution in [3.63, 3.8) is 0 Å². The Bertz CT molecular complexity index is 1640. The number of benzene rings is 3. The fraction of sp³-hybridized carbons (Fsp3) is 0.0769. The molecule has 1 aliphatic rings. The molecule has 0 radical (unpaired) electrons. The molecule has 1 N–H and O–H groups in total. The average Bonchev–Trinajstić information content (AvgIpc) is 3.36. The van der Waals surface area contributed by atoms with Crippen molar-refractivity contribution in [1.82, 2.24) is 4.72 Å². The standard InChI is InChI=1S/C26H18Cl2N2O4S2/c27-21-14-24(35-26(21)28)36(33,34)29-22(31)11-10-18-6-3-7-20-13-23(32)30(25(18)20)15-16-8-9-17-4-1-2-5-19(17)12-16/h1-12,14H,13,15H2,(H,29,31)/b11-10+. The van der Waals surface area contributed by atoms with Crippen LogP contribution < -0.4 is 9.62 Å². The molecule has 0 bridgehead atoms. The van der Waals surface area contributed by atoms with Gasteiger partial charge in [-0.3, -0.25) is 9.59 Å². The highest BCUT2D eigenvalue weighted by molar-refractivity contribution is 7.92. The minimum absolute atomic E-state index is 0.0440. The number of nitrogens with zero attached hydrogens (tertiary/aromatic N) is 1. The fourth-order valence-corrected chi connectivity index (χ4v) is 6.95. The molecule has 0 fully saturated rings. The maximum absolute atomic E-state index is 12.9. The van der Waals surface area contributed by atoms with Gasteiger partial charge in [0.15, 0.2) is 0 Å². The number of hydrogen-bond acceptors (Lipinski definition) is 5. The van der Waals surface area contributed by atoms with Gasteiger partial charge in [0.25, 0.3) is 15.9 Å². The predicted octanol–water partition coefficient (Wildman–Crippen LogP) is 5.82. The number of rotatable bonds is 6. The summed E-state index contributed by atoms with van der Waals surface area (Å²) in [5.41, 5.74) is 3.16. The molecule has 2 heterocycles. The number of sulfonamides is 1. The lowest BCUT2D eigenvalue weighted by molar-refractivity contribution is -0.117. The zero-order chi connectivity index (χ0) is 25.4. The number of halogens is 2. The third kappa shape index (κ3) is 4.90. The van der Waals surface area contributed by atoms with Crippen LogP contribution in [-0.4, -0.2) is 20.2 Å². The first-order chi connectivity index (χ1) is 17.2. The number of para-hydroxylation sites is 1. The van der Waals surface area contributed by atoms with E-state index in [1.807, 2.05) is 47.2 Å². The van der Waals surface area contributed by atoms with Gasteiger partial charge in [-0.15, -0.1) is 11.3 Å². The summed E-state index contributed by atoms with van der Waals surface area (Å²) in [6, 6.07) is 20.7. The summed E-state index contributed by atoms with van der Waals surface area (Å²) in [4.78, 5) is 27.0. The van der Waals surface area contributed by atoms with Crippen LogP contribution in [0.3, 0.4) is 0 Å². The average molecular weight is 557 g/mol. The second-order valence-electron chi connectivity index (χ2n) is 8.18. The number of hydrogen-bond donors (Lipinski definition) is 1. The van der Waals surface area contributed by atoms with Gasteiger partial charge in [-0.1, -0.05) is 77.8 Å². The van der Waals surface area contributed by atoms with Crippen LogP contribution in [0, 0.1) is 0 Å². The lowest BCUT2D eigenvalue weighted by Gasteiger charge is -2.20. The van der Waals surface area contributed by atoms with Crippen molar-refractivity contribution in [1.29, 1.82) is 0 Å². The molecule has 0 saturated carbocycles. The minimum Gasteiger partial charge on any atom is -0.307 e. The van der Waals surface area contributed by atoms with Crippen LogP contribution in [0.4, 0.5) is 5.69 Å². The quantitative estimate of drug-likeness (QED) is 0.303. The van der Waals surface area contributed by atoms with Crippen molar-refractivity contribution in [2.75, 3.05) is 4.90 Å². The van der Waals surface area contributed by atoms with Gasteiger partial charge in [-0.2, -0.15) is 0 Å². The van der Waals surface area contributed by atoms with Gasteiger partial charge in [0.1, 0.15) is 8.55 Å². The summed E-state index contributed by atoms with van der Waals surface area (Å²) in [6.07, 6.45) is 2.89. The van der Waals surface area contributed by atoms with Crippen LogP contribution in [0.1, 0.15) is 16.7 Å². The molecule has 2 amide bonds. The molecule has 4 aromatic rings. The van der Waals surface area contributed by atoms with Crippen molar-refractivity contribution in [3.8, 4) is 0 Å². The summed E-state index contributed by atoms with van der Waals surface area (Å²) in [5, 5.41) is 2.30. The second-order valence-corrected chi connectivity index (χ2v) is 12.2. The highest BCUT2D eigenvalue weighted by Crippen LogP contribution is 2.36. The van der Waals surface area contributed by atoms with Crippen LogP contribution in [0.15, 0.2) is 77.0 Å². The van der Waals surface area contributed by atoms with Gasteiger partial charge >= 0.3 is 0 Å². The summed E-state index contributed by atoms with van der Waals surface area (Å²) >= 11 is 12.4. The normalized spacial score (nSPS) is 13.5. The number of thiophene rings is 1. The minimum atomic E-state index is -4.12. The molecule has 10 heteroatoms. The topological polar surface area (TPSA) is 83.6 Å².